The number of carboxylic acid groups (broad SMARTS) is 1. The van der Waals surface area contributed by atoms with Crippen molar-refractivity contribution in [2.24, 2.45) is 5.73 Å². The van der Waals surface area contributed by atoms with Crippen molar-refractivity contribution in [1.29, 1.82) is 0 Å². The van der Waals surface area contributed by atoms with Crippen LogP contribution in [0.3, 0.4) is 0 Å². The highest BCUT2D eigenvalue weighted by molar-refractivity contribution is 6.40. The van der Waals surface area contributed by atoms with E-state index in [0.29, 0.717) is 32.2 Å². The van der Waals surface area contributed by atoms with Crippen LogP contribution in [0.2, 0.25) is 6.32 Å². The first-order valence-corrected chi connectivity index (χ1v) is 8.08. The minimum atomic E-state index is -1.34. The van der Waals surface area contributed by atoms with Crippen molar-refractivity contribution in [3.63, 3.8) is 0 Å². The molecule has 1 aliphatic heterocycles. The molecule has 1 atom stereocenters. The Morgan fingerprint density at radius 3 is 2.30 bits per heavy atom. The highest BCUT2D eigenvalue weighted by Crippen LogP contribution is 2.24. The molecule has 23 heavy (non-hydrogen) atoms. The second-order valence-corrected chi connectivity index (χ2v) is 6.42. The summed E-state index contributed by atoms with van der Waals surface area (Å²) in [6, 6.07) is 8.23. The summed E-state index contributed by atoms with van der Waals surface area (Å²) in [4.78, 5) is 13.7. The summed E-state index contributed by atoms with van der Waals surface area (Å²) in [5.41, 5.74) is 7.42. The highest BCUT2D eigenvalue weighted by atomic mass is 16.4. The summed E-state index contributed by atoms with van der Waals surface area (Å²) in [7, 11) is -1.34. The molecule has 1 aromatic carbocycles. The van der Waals surface area contributed by atoms with Crippen molar-refractivity contribution in [2.75, 3.05) is 6.54 Å². The maximum Gasteiger partial charge on any atom is 0.451 e. The molecule has 0 unspecified atom stereocenters. The predicted molar refractivity (Wildman–Crippen MR) is 88.6 cm³/mol. The smallest absolute Gasteiger partial charge is 0.451 e. The first-order valence-electron chi connectivity index (χ1n) is 8.08. The molecule has 2 rings (SSSR count). The van der Waals surface area contributed by atoms with Crippen LogP contribution >= 0.6 is 0 Å². The number of carbonyl (C=O) groups is 1. The van der Waals surface area contributed by atoms with E-state index in [-0.39, 0.29) is 6.32 Å². The zero-order chi connectivity index (χ0) is 16.9. The summed E-state index contributed by atoms with van der Waals surface area (Å²) < 4.78 is 0. The highest BCUT2D eigenvalue weighted by Gasteiger charge is 2.34. The lowest BCUT2D eigenvalue weighted by Crippen LogP contribution is -2.49. The largest absolute Gasteiger partial charge is 0.480 e. The van der Waals surface area contributed by atoms with Gasteiger partial charge in [0, 0.05) is 19.6 Å². The number of rotatable bonds is 9. The van der Waals surface area contributed by atoms with Crippen LogP contribution in [0.1, 0.15) is 36.8 Å². The van der Waals surface area contributed by atoms with Gasteiger partial charge in [0.2, 0.25) is 0 Å². The van der Waals surface area contributed by atoms with Gasteiger partial charge in [0.25, 0.3) is 0 Å². The van der Waals surface area contributed by atoms with E-state index in [0.717, 1.165) is 13.1 Å². The average Bonchev–Trinajstić information content (AvgIpc) is 2.92. The fraction of sp³-hybridized carbons (Fsp3) is 0.562. The third kappa shape index (κ3) is 5.04. The van der Waals surface area contributed by atoms with Crippen LogP contribution in [0, 0.1) is 0 Å². The number of unbranched alkanes of at least 4 members (excludes halogenated alkanes) is 1. The molecule has 0 aromatic heterocycles. The van der Waals surface area contributed by atoms with Gasteiger partial charge in [0.15, 0.2) is 0 Å². The van der Waals surface area contributed by atoms with E-state index in [1.807, 2.05) is 12.1 Å². The molecule has 0 saturated heterocycles. The Kier molecular flexibility index (Phi) is 6.18. The summed E-state index contributed by atoms with van der Waals surface area (Å²) in [6.07, 6.45) is 2.10. The summed E-state index contributed by atoms with van der Waals surface area (Å²) in [5, 5.41) is 27.1. The normalized spacial score (nSPS) is 16.8. The molecular formula is C16H25BN2O4. The first kappa shape index (κ1) is 17.9. The second kappa shape index (κ2) is 7.92. The van der Waals surface area contributed by atoms with Crippen molar-refractivity contribution >= 4 is 13.1 Å². The van der Waals surface area contributed by atoms with Crippen molar-refractivity contribution < 1.29 is 19.9 Å². The molecule has 0 saturated carbocycles. The number of nitrogens with two attached hydrogens (primary N) is 1. The molecule has 0 radical (unpaired) electrons. The minimum absolute atomic E-state index is 0.247. The lowest BCUT2D eigenvalue weighted by Gasteiger charge is -2.27. The molecular weight excluding hydrogens is 295 g/mol. The zero-order valence-corrected chi connectivity index (χ0v) is 13.3. The van der Waals surface area contributed by atoms with Crippen molar-refractivity contribution in [3.8, 4) is 0 Å². The molecule has 1 aromatic rings. The van der Waals surface area contributed by atoms with Gasteiger partial charge in [-0.3, -0.25) is 9.69 Å². The lowest BCUT2D eigenvalue weighted by atomic mass is 9.81. The standard InChI is InChI=1S/C16H25BN2O4/c18-16(15(20)21,7-3-4-9-17(22)23)8-10-19-11-13-5-1-2-6-14(13)12-19/h1-2,5-6,22-23H,3-4,7-12,18H2,(H,20,21)/t16-/m0/s1. The molecule has 0 aliphatic carbocycles. The molecule has 6 nitrogen and oxygen atoms in total. The Labute approximate surface area is 137 Å². The fourth-order valence-corrected chi connectivity index (χ4v) is 3.03. The molecule has 5 N–H and O–H groups in total. The molecule has 1 aliphatic rings. The number of hydrogen-bond donors (Lipinski definition) is 4. The molecule has 0 amide bonds. The van der Waals surface area contributed by atoms with Gasteiger partial charge in [-0.05, 0) is 30.3 Å². The summed E-state index contributed by atoms with van der Waals surface area (Å²) in [6.45, 7) is 2.31. The van der Waals surface area contributed by atoms with E-state index >= 15 is 0 Å². The monoisotopic (exact) mass is 320 g/mol. The molecule has 0 fully saturated rings. The van der Waals surface area contributed by atoms with Crippen LogP contribution in [0.25, 0.3) is 0 Å². The Balaban J connectivity index is 1.82. The van der Waals surface area contributed by atoms with E-state index < -0.39 is 18.6 Å². The van der Waals surface area contributed by atoms with Gasteiger partial charge in [-0.2, -0.15) is 0 Å². The van der Waals surface area contributed by atoms with Gasteiger partial charge in [0.1, 0.15) is 5.54 Å². The van der Waals surface area contributed by atoms with Crippen LogP contribution in [-0.4, -0.2) is 45.2 Å². The molecule has 7 heteroatoms. The Morgan fingerprint density at radius 1 is 1.17 bits per heavy atom. The van der Waals surface area contributed by atoms with Gasteiger partial charge in [-0.25, -0.2) is 0 Å². The second-order valence-electron chi connectivity index (χ2n) is 6.42. The minimum Gasteiger partial charge on any atom is -0.480 e. The predicted octanol–water partition coefficient (Wildman–Crippen LogP) is 0.817. The Morgan fingerprint density at radius 2 is 1.78 bits per heavy atom. The number of fused-ring (bicyclic) bond motifs is 1. The van der Waals surface area contributed by atoms with Gasteiger partial charge in [0.05, 0.1) is 0 Å². The molecule has 0 spiro atoms. The number of benzene rings is 1. The van der Waals surface area contributed by atoms with E-state index in [1.54, 1.807) is 0 Å². The quantitative estimate of drug-likeness (QED) is 0.396. The summed E-state index contributed by atoms with van der Waals surface area (Å²) >= 11 is 0. The number of hydrogen-bond acceptors (Lipinski definition) is 5. The van der Waals surface area contributed by atoms with E-state index in [2.05, 4.69) is 17.0 Å². The fourth-order valence-electron chi connectivity index (χ4n) is 3.03. The van der Waals surface area contributed by atoms with E-state index in [4.69, 9.17) is 15.8 Å². The Hall–Kier alpha value is -1.41. The molecule has 1 heterocycles. The third-order valence-electron chi connectivity index (χ3n) is 4.54. The van der Waals surface area contributed by atoms with Crippen LogP contribution in [0.4, 0.5) is 0 Å². The molecule has 0 bridgehead atoms. The van der Waals surface area contributed by atoms with Crippen molar-refractivity contribution in [1.82, 2.24) is 4.90 Å². The zero-order valence-electron chi connectivity index (χ0n) is 13.3. The number of aliphatic carboxylic acids is 1. The first-order chi connectivity index (χ1) is 10.9. The molecule has 126 valence electrons. The van der Waals surface area contributed by atoms with E-state index in [9.17, 15) is 9.90 Å². The topological polar surface area (TPSA) is 107 Å². The van der Waals surface area contributed by atoms with Crippen LogP contribution in [0.15, 0.2) is 24.3 Å². The SMILES string of the molecule is N[C@@](CCCCB(O)O)(CCN1Cc2ccccc2C1)C(=O)O. The maximum atomic E-state index is 11.5. The van der Waals surface area contributed by atoms with Gasteiger partial charge in [-0.1, -0.05) is 37.1 Å². The van der Waals surface area contributed by atoms with Crippen molar-refractivity contribution in [3.05, 3.63) is 35.4 Å². The van der Waals surface area contributed by atoms with Gasteiger partial charge >= 0.3 is 13.1 Å². The number of nitrogens with zero attached hydrogens (tertiary/aromatic N) is 1. The van der Waals surface area contributed by atoms with Gasteiger partial charge < -0.3 is 20.9 Å². The lowest BCUT2D eigenvalue weighted by molar-refractivity contribution is -0.144. The van der Waals surface area contributed by atoms with Gasteiger partial charge in [-0.15, -0.1) is 0 Å². The van der Waals surface area contributed by atoms with Crippen LogP contribution in [-0.2, 0) is 17.9 Å². The number of carboxylic acids is 1. The Bertz CT molecular complexity index is 516. The van der Waals surface area contributed by atoms with Crippen LogP contribution in [0.5, 0.6) is 0 Å². The summed E-state index contributed by atoms with van der Waals surface area (Å²) in [5.74, 6) is -0.987. The maximum absolute atomic E-state index is 11.5. The van der Waals surface area contributed by atoms with Crippen molar-refractivity contribution in [2.45, 2.75) is 50.6 Å². The van der Waals surface area contributed by atoms with Crippen LogP contribution < -0.4 is 5.73 Å². The van der Waals surface area contributed by atoms with E-state index in [1.165, 1.54) is 11.1 Å². The third-order valence-corrected chi connectivity index (χ3v) is 4.54. The average molecular weight is 320 g/mol.